The molecule has 3 aliphatic rings. The van der Waals surface area contributed by atoms with Gasteiger partial charge in [0.1, 0.15) is 29.0 Å². The molecule has 17 nitrogen and oxygen atoms in total. The van der Waals surface area contributed by atoms with Crippen LogP contribution < -0.4 is 14.5 Å². The maximum absolute atomic E-state index is 11.3. The van der Waals surface area contributed by atoms with Crippen LogP contribution in [0.5, 0.6) is 5.75 Å². The number of carbonyl (C=O) groups is 4. The van der Waals surface area contributed by atoms with Crippen LogP contribution in [0.25, 0.3) is 0 Å². The third-order valence-electron chi connectivity index (χ3n) is 21.8. The van der Waals surface area contributed by atoms with Gasteiger partial charge in [-0.3, -0.25) is 0 Å². The summed E-state index contributed by atoms with van der Waals surface area (Å²) in [6, 6.07) is 40.1. The lowest BCUT2D eigenvalue weighted by Gasteiger charge is -2.33. The first kappa shape index (κ1) is 86.8. The Morgan fingerprint density at radius 3 is 1.26 bits per heavy atom. The number of benzene rings is 5. The Labute approximate surface area is 671 Å². The summed E-state index contributed by atoms with van der Waals surface area (Å²) in [5, 5.41) is 36.7. The molecule has 3 aliphatic carbocycles. The fourth-order valence-corrected chi connectivity index (χ4v) is 14.2. The number of aromatic nitrogens is 6. The molecule has 0 bridgehead atoms. The number of hydrogen-bond donors (Lipinski definition) is 4. The normalized spacial score (nSPS) is 14.8. The van der Waals surface area contributed by atoms with Crippen molar-refractivity contribution >= 4 is 46.9 Å². The molecule has 12 rings (SSSR count). The number of aryl methyl sites for hydroxylation is 1. The van der Waals surface area contributed by atoms with Crippen LogP contribution in [0.4, 0.5) is 23.0 Å². The van der Waals surface area contributed by atoms with Crippen molar-refractivity contribution in [3.63, 3.8) is 0 Å². The molecule has 2 saturated carbocycles. The van der Waals surface area contributed by atoms with Gasteiger partial charge in [-0.05, 0) is 218 Å². The molecule has 0 radical (unpaired) electrons. The lowest BCUT2D eigenvalue weighted by molar-refractivity contribution is 0.0685. The van der Waals surface area contributed by atoms with Crippen molar-refractivity contribution < 1.29 is 44.3 Å². The first-order valence-electron chi connectivity index (χ1n) is 39.7. The number of rotatable bonds is 18. The SMILES string of the molecule is CC(C)(C)c1cc(C(C)(C)C)cc(C2(c3ncc(C(=O)O)cn3)CC2)c1.CC(C)(C)c1cc(N(Cc2ccccc2)c2ccc(C(=O)O)cn2)cc(C(C)(C)C)c1.CC(C)N(c1ccc(C(=O)O)cn1)c1cc(C(C)(C)C)cc2c1CCC2(C)C.Cc1cc(OCC(C)C)c(C(C)(C)C)cc1C1(c2ncc(C(=O)O)cn2)CC1. The van der Waals surface area contributed by atoms with Crippen LogP contribution in [0.1, 0.15) is 318 Å². The summed E-state index contributed by atoms with van der Waals surface area (Å²) in [5.41, 5.74) is 18.0. The highest BCUT2D eigenvalue weighted by molar-refractivity contribution is 5.89. The minimum atomic E-state index is -1.01. The number of aromatic carboxylic acids is 4. The van der Waals surface area contributed by atoms with E-state index in [4.69, 9.17) is 14.9 Å². The Kier molecular flexibility index (Phi) is 25.4. The van der Waals surface area contributed by atoms with Gasteiger partial charge in [0.25, 0.3) is 0 Å². The molecule has 2 fully saturated rings. The second-order valence-corrected chi connectivity index (χ2v) is 38.7. The van der Waals surface area contributed by atoms with Gasteiger partial charge in [0.05, 0.1) is 39.7 Å². The van der Waals surface area contributed by atoms with Gasteiger partial charge in [-0.2, -0.15) is 0 Å². The van der Waals surface area contributed by atoms with Crippen molar-refractivity contribution in [2.75, 3.05) is 16.4 Å². The van der Waals surface area contributed by atoms with Crippen molar-refractivity contribution in [3.05, 3.63) is 253 Å². The van der Waals surface area contributed by atoms with Crippen LogP contribution in [0, 0.1) is 12.8 Å². The molecule has 4 N–H and O–H groups in total. The van der Waals surface area contributed by atoms with Gasteiger partial charge in [-0.25, -0.2) is 49.1 Å². The molecular formula is C96H122N8O9. The number of carboxylic acids is 4. The molecule has 0 unspecified atom stereocenters. The van der Waals surface area contributed by atoms with E-state index in [1.54, 1.807) is 18.2 Å². The third-order valence-corrected chi connectivity index (χ3v) is 21.8. The zero-order chi connectivity index (χ0) is 83.7. The van der Waals surface area contributed by atoms with E-state index in [0.717, 1.165) is 78.5 Å². The van der Waals surface area contributed by atoms with Crippen molar-refractivity contribution in [3.8, 4) is 5.75 Å². The number of ether oxygens (including phenoxy) is 1. The summed E-state index contributed by atoms with van der Waals surface area (Å²) in [7, 11) is 0. The molecule has 0 amide bonds. The molecular weight excluding hydrogens is 1410 g/mol. The molecule has 0 saturated heterocycles. The second-order valence-electron chi connectivity index (χ2n) is 38.7. The van der Waals surface area contributed by atoms with Gasteiger partial charge < -0.3 is 35.0 Å². The maximum atomic E-state index is 11.3. The molecule has 0 aliphatic heterocycles. The van der Waals surface area contributed by atoms with Crippen LogP contribution in [0.2, 0.25) is 0 Å². The predicted molar refractivity (Wildman–Crippen MR) is 454 cm³/mol. The van der Waals surface area contributed by atoms with Crippen molar-refractivity contribution in [1.29, 1.82) is 0 Å². The minimum absolute atomic E-state index is 0.00494. The monoisotopic (exact) mass is 1530 g/mol. The fraction of sp³-hybridized carbons (Fsp3) is 0.458. The molecule has 600 valence electrons. The van der Waals surface area contributed by atoms with Crippen LogP contribution in [-0.4, -0.2) is 86.9 Å². The fourth-order valence-electron chi connectivity index (χ4n) is 14.2. The topological polar surface area (TPSA) is 242 Å². The molecule has 4 heterocycles. The first-order valence-corrected chi connectivity index (χ1v) is 39.7. The van der Waals surface area contributed by atoms with Crippen molar-refractivity contribution in [1.82, 2.24) is 29.9 Å². The molecule has 17 heteroatoms. The Balaban J connectivity index is 0.000000173. The highest BCUT2D eigenvalue weighted by atomic mass is 16.5. The number of hydrogen-bond acceptors (Lipinski definition) is 13. The Hall–Kier alpha value is -10.2. The Morgan fingerprint density at radius 2 is 0.867 bits per heavy atom. The summed E-state index contributed by atoms with van der Waals surface area (Å²) in [6.07, 6.45) is 14.7. The van der Waals surface area contributed by atoms with Gasteiger partial charge in [0.15, 0.2) is 0 Å². The molecule has 9 aromatic rings. The van der Waals surface area contributed by atoms with Gasteiger partial charge in [-0.1, -0.05) is 219 Å². The van der Waals surface area contributed by atoms with Gasteiger partial charge in [0.2, 0.25) is 0 Å². The quantitative estimate of drug-likeness (QED) is 0.0624. The number of fused-ring (bicyclic) bond motifs is 1. The lowest BCUT2D eigenvalue weighted by Crippen LogP contribution is -2.28. The standard InChI is InChI=1S/C27H32N2O2.C24H32N2O2.C23H30N2O3.C22H28N2O2/c1-26(2,3)21-14-22(27(4,5)6)16-23(15-21)29(18-19-10-8-7-9-11-19)24-13-12-20(17-28-24)25(30)31;1-15(2)26(21-9-8-16(14-25-21)22(27)28)20-13-17(23(3,4)5)12-19-18(20)10-11-24(19,6)7;1-14(2)13-28-19-9-15(3)17(10-18(19)22(4,5)6)23(7-8-23)21-24-11-16(12-25-21)20(26)27;1-20(2,3)15-9-16(21(4,5)6)11-17(10-15)22(7-8-22)19-23-12-14(13-24-19)18(25)26/h7-17H,18H2,1-6H3,(H,30,31);8-9,12-15H,10-11H2,1-7H3,(H,27,28);9-12,14H,7-8,13H2,1-6H3,(H,26,27);9-13H,7-8H2,1-6H3,(H,25,26). The van der Waals surface area contributed by atoms with E-state index >= 15 is 0 Å². The molecule has 0 atom stereocenters. The first-order chi connectivity index (χ1) is 52.3. The van der Waals surface area contributed by atoms with Crippen LogP contribution >= 0.6 is 0 Å². The molecule has 0 spiro atoms. The summed E-state index contributed by atoms with van der Waals surface area (Å²) in [4.78, 5) is 75.7. The Morgan fingerprint density at radius 1 is 0.451 bits per heavy atom. The van der Waals surface area contributed by atoms with E-state index in [2.05, 4.69) is 286 Å². The average molecular weight is 1530 g/mol. The van der Waals surface area contributed by atoms with Gasteiger partial charge in [-0.15, -0.1) is 0 Å². The van der Waals surface area contributed by atoms with Crippen LogP contribution in [-0.2, 0) is 61.7 Å². The van der Waals surface area contributed by atoms with Crippen molar-refractivity contribution in [2.24, 2.45) is 5.92 Å². The summed E-state index contributed by atoms with van der Waals surface area (Å²) < 4.78 is 6.15. The number of pyridine rings is 2. The predicted octanol–water partition coefficient (Wildman–Crippen LogP) is 22.3. The largest absolute Gasteiger partial charge is 0.493 e. The third kappa shape index (κ3) is 20.8. The molecule has 4 aromatic heterocycles. The smallest absolute Gasteiger partial charge is 0.338 e. The van der Waals surface area contributed by atoms with E-state index in [-0.39, 0.29) is 77.0 Å². The molecule has 113 heavy (non-hydrogen) atoms. The van der Waals surface area contributed by atoms with Crippen LogP contribution in [0.15, 0.2) is 152 Å². The number of anilines is 4. The maximum Gasteiger partial charge on any atom is 0.338 e. The summed E-state index contributed by atoms with van der Waals surface area (Å²) in [6.45, 7) is 56.8. The second kappa shape index (κ2) is 33.1. The highest BCUT2D eigenvalue weighted by Crippen LogP contribution is 2.56. The summed E-state index contributed by atoms with van der Waals surface area (Å²) in [5.74, 6) is 0.429. The van der Waals surface area contributed by atoms with E-state index in [0.29, 0.717) is 24.9 Å². The number of nitrogens with zero attached hydrogens (tertiary/aromatic N) is 8. The average Bonchev–Trinajstić information content (AvgIpc) is 1.60. The Bertz CT molecular complexity index is 4820. The molecule has 5 aromatic carbocycles. The van der Waals surface area contributed by atoms with Crippen molar-refractivity contribution in [2.45, 2.75) is 273 Å². The van der Waals surface area contributed by atoms with Crippen LogP contribution in [0.3, 0.4) is 0 Å². The minimum Gasteiger partial charge on any atom is -0.493 e. The van der Waals surface area contributed by atoms with E-state index in [1.807, 2.05) is 24.3 Å². The van der Waals surface area contributed by atoms with E-state index in [9.17, 15) is 29.4 Å². The van der Waals surface area contributed by atoms with E-state index in [1.165, 1.54) is 98.5 Å². The van der Waals surface area contributed by atoms with Gasteiger partial charge in [0, 0.05) is 61.1 Å². The zero-order valence-corrected chi connectivity index (χ0v) is 71.7. The summed E-state index contributed by atoms with van der Waals surface area (Å²) >= 11 is 0. The lowest BCUT2D eigenvalue weighted by atomic mass is 9.77. The van der Waals surface area contributed by atoms with E-state index < -0.39 is 23.9 Å². The highest BCUT2D eigenvalue weighted by Gasteiger charge is 2.51. The zero-order valence-electron chi connectivity index (χ0n) is 71.7. The van der Waals surface area contributed by atoms with Gasteiger partial charge >= 0.3 is 23.9 Å². The number of carboxylic acid groups (broad SMARTS) is 4.